The van der Waals surface area contributed by atoms with Gasteiger partial charge in [0.1, 0.15) is 0 Å². The van der Waals surface area contributed by atoms with Gasteiger partial charge in [-0.25, -0.2) is 4.79 Å². The zero-order valence-corrected chi connectivity index (χ0v) is 13.7. The van der Waals surface area contributed by atoms with Gasteiger partial charge in [-0.1, -0.05) is 24.3 Å². The van der Waals surface area contributed by atoms with Crippen LogP contribution in [-0.2, 0) is 0 Å². The Kier molecular flexibility index (Phi) is 3.82. The lowest BCUT2D eigenvalue weighted by molar-refractivity contribution is -0.385. The summed E-state index contributed by atoms with van der Waals surface area (Å²) >= 11 is 0. The fourth-order valence-electron chi connectivity index (χ4n) is 4.68. The van der Waals surface area contributed by atoms with Crippen LogP contribution in [0.5, 0.6) is 0 Å². The SMILES string of the molecule is O=C(O)c1ccc([N+](=O)[O-])c2c1N[C@H]([C@@H]1CC=CCC1)[C@H]1CC=C[C@@H]21. The minimum absolute atomic E-state index is 0.0102. The van der Waals surface area contributed by atoms with Gasteiger partial charge in [0.15, 0.2) is 0 Å². The van der Waals surface area contributed by atoms with Gasteiger partial charge in [-0.05, 0) is 43.6 Å². The maximum atomic E-state index is 11.7. The van der Waals surface area contributed by atoms with Crippen molar-refractivity contribution in [2.24, 2.45) is 11.8 Å². The van der Waals surface area contributed by atoms with Gasteiger partial charge in [0, 0.05) is 18.0 Å². The molecule has 3 aliphatic rings. The van der Waals surface area contributed by atoms with Crippen LogP contribution in [-0.4, -0.2) is 22.0 Å². The average Bonchev–Trinajstić information content (AvgIpc) is 3.10. The first-order chi connectivity index (χ1) is 12.1. The van der Waals surface area contributed by atoms with Gasteiger partial charge in [-0.2, -0.15) is 0 Å². The minimum atomic E-state index is -1.05. The van der Waals surface area contributed by atoms with Crippen LogP contribution in [0.1, 0.15) is 47.5 Å². The summed E-state index contributed by atoms with van der Waals surface area (Å²) in [4.78, 5) is 22.8. The monoisotopic (exact) mass is 340 g/mol. The Bertz CT molecular complexity index is 799. The van der Waals surface area contributed by atoms with E-state index in [0.29, 0.717) is 17.2 Å². The second kappa shape index (κ2) is 6.02. The highest BCUT2D eigenvalue weighted by Crippen LogP contribution is 2.51. The van der Waals surface area contributed by atoms with Crippen LogP contribution in [0.3, 0.4) is 0 Å². The van der Waals surface area contributed by atoms with E-state index in [4.69, 9.17) is 0 Å². The number of carboxylic acids is 1. The number of aromatic carboxylic acids is 1. The van der Waals surface area contributed by atoms with Gasteiger partial charge in [-0.15, -0.1) is 0 Å². The Morgan fingerprint density at radius 2 is 2.08 bits per heavy atom. The fraction of sp³-hybridized carbons (Fsp3) is 0.421. The molecule has 0 aromatic heterocycles. The largest absolute Gasteiger partial charge is 0.478 e. The van der Waals surface area contributed by atoms with Gasteiger partial charge in [0.25, 0.3) is 5.69 Å². The molecule has 0 saturated heterocycles. The molecular weight excluding hydrogens is 320 g/mol. The first-order valence-electron chi connectivity index (χ1n) is 8.70. The predicted molar refractivity (Wildman–Crippen MR) is 93.9 cm³/mol. The second-order valence-electron chi connectivity index (χ2n) is 7.05. The molecule has 6 heteroatoms. The summed E-state index contributed by atoms with van der Waals surface area (Å²) in [6.07, 6.45) is 12.4. The lowest BCUT2D eigenvalue weighted by Crippen LogP contribution is -2.42. The summed E-state index contributed by atoms with van der Waals surface area (Å²) in [5.74, 6) is -0.480. The van der Waals surface area contributed by atoms with Crippen LogP contribution in [0, 0.1) is 22.0 Å². The summed E-state index contributed by atoms with van der Waals surface area (Å²) < 4.78 is 0. The van der Waals surface area contributed by atoms with Crippen LogP contribution in [0.15, 0.2) is 36.4 Å². The number of nitro groups is 1. The highest BCUT2D eigenvalue weighted by atomic mass is 16.6. The maximum Gasteiger partial charge on any atom is 0.337 e. The van der Waals surface area contributed by atoms with E-state index >= 15 is 0 Å². The topological polar surface area (TPSA) is 92.5 Å². The van der Waals surface area contributed by atoms with Crippen LogP contribution in [0.2, 0.25) is 0 Å². The molecule has 1 heterocycles. The Hall–Kier alpha value is -2.63. The van der Waals surface area contributed by atoms with E-state index in [1.165, 1.54) is 12.1 Å². The summed E-state index contributed by atoms with van der Waals surface area (Å²) in [5.41, 5.74) is 1.10. The van der Waals surface area contributed by atoms with Crippen molar-refractivity contribution in [2.75, 3.05) is 5.32 Å². The van der Waals surface area contributed by atoms with E-state index in [-0.39, 0.29) is 29.1 Å². The van der Waals surface area contributed by atoms with Gasteiger partial charge in [-0.3, -0.25) is 10.1 Å². The number of benzene rings is 1. The molecule has 4 atom stereocenters. The number of carboxylic acid groups (broad SMARTS) is 1. The summed E-state index contributed by atoms with van der Waals surface area (Å²) in [6, 6.07) is 2.82. The van der Waals surface area contributed by atoms with E-state index in [2.05, 4.69) is 23.5 Å². The molecule has 1 aliphatic heterocycles. The Morgan fingerprint density at radius 1 is 1.24 bits per heavy atom. The molecule has 0 unspecified atom stereocenters. The van der Waals surface area contributed by atoms with Gasteiger partial charge in [0.2, 0.25) is 0 Å². The van der Waals surface area contributed by atoms with Crippen LogP contribution in [0.25, 0.3) is 0 Å². The van der Waals surface area contributed by atoms with Gasteiger partial charge in [0.05, 0.1) is 21.7 Å². The number of rotatable bonds is 3. The molecule has 0 fully saturated rings. The molecule has 4 rings (SSSR count). The van der Waals surface area contributed by atoms with Crippen molar-refractivity contribution in [3.63, 3.8) is 0 Å². The lowest BCUT2D eigenvalue weighted by atomic mass is 9.71. The summed E-state index contributed by atoms with van der Waals surface area (Å²) in [6.45, 7) is 0. The standard InChI is InChI=1S/C19H20N2O4/c22-19(23)14-9-10-15(21(24)25)16-12-7-4-8-13(12)17(20-18(14)16)11-5-2-1-3-6-11/h1-2,4,7,9-13,17,20H,3,5-6,8H2,(H,22,23)/t11-,12-,13+,17-/m1/s1. The highest BCUT2D eigenvalue weighted by Gasteiger charge is 2.44. The molecule has 1 aromatic rings. The van der Waals surface area contributed by atoms with Crippen LogP contribution < -0.4 is 5.32 Å². The number of allylic oxidation sites excluding steroid dienone is 4. The molecule has 0 saturated carbocycles. The second-order valence-corrected chi connectivity index (χ2v) is 7.05. The Labute approximate surface area is 145 Å². The highest BCUT2D eigenvalue weighted by molar-refractivity contribution is 5.97. The lowest BCUT2D eigenvalue weighted by Gasteiger charge is -2.42. The number of nitro benzene ring substituents is 1. The van der Waals surface area contributed by atoms with Crippen molar-refractivity contribution in [1.29, 1.82) is 0 Å². The van der Waals surface area contributed by atoms with Gasteiger partial charge >= 0.3 is 5.97 Å². The number of nitrogens with zero attached hydrogens (tertiary/aromatic N) is 1. The number of hydrogen-bond donors (Lipinski definition) is 2. The van der Waals surface area contributed by atoms with Crippen molar-refractivity contribution >= 4 is 17.3 Å². The third-order valence-electron chi connectivity index (χ3n) is 5.79. The van der Waals surface area contributed by atoms with Crippen molar-refractivity contribution in [2.45, 2.75) is 37.6 Å². The maximum absolute atomic E-state index is 11.7. The van der Waals surface area contributed by atoms with Crippen LogP contribution >= 0.6 is 0 Å². The zero-order chi connectivity index (χ0) is 17.6. The summed E-state index contributed by atoms with van der Waals surface area (Å²) in [5, 5.41) is 24.5. The van der Waals surface area contributed by atoms with Gasteiger partial charge < -0.3 is 10.4 Å². The van der Waals surface area contributed by atoms with E-state index in [9.17, 15) is 20.0 Å². The van der Waals surface area contributed by atoms with E-state index in [1.807, 2.05) is 6.08 Å². The smallest absolute Gasteiger partial charge is 0.337 e. The summed E-state index contributed by atoms with van der Waals surface area (Å²) in [7, 11) is 0. The molecule has 25 heavy (non-hydrogen) atoms. The molecule has 2 aliphatic carbocycles. The molecule has 2 N–H and O–H groups in total. The third-order valence-corrected chi connectivity index (χ3v) is 5.79. The normalized spacial score (nSPS) is 29.6. The average molecular weight is 340 g/mol. The molecular formula is C19H20N2O4. The quantitative estimate of drug-likeness (QED) is 0.491. The first-order valence-corrected chi connectivity index (χ1v) is 8.70. The molecule has 130 valence electrons. The van der Waals surface area contributed by atoms with E-state index in [0.717, 1.165) is 25.7 Å². The van der Waals surface area contributed by atoms with Crippen LogP contribution in [0.4, 0.5) is 11.4 Å². The number of fused-ring (bicyclic) bond motifs is 3. The van der Waals surface area contributed by atoms with Crippen molar-refractivity contribution in [3.05, 3.63) is 57.7 Å². The van der Waals surface area contributed by atoms with Crippen molar-refractivity contribution in [3.8, 4) is 0 Å². The minimum Gasteiger partial charge on any atom is -0.478 e. The molecule has 0 radical (unpaired) electrons. The number of hydrogen-bond acceptors (Lipinski definition) is 4. The zero-order valence-electron chi connectivity index (χ0n) is 13.7. The first kappa shape index (κ1) is 15.9. The Morgan fingerprint density at radius 3 is 2.76 bits per heavy atom. The molecule has 1 aromatic carbocycles. The van der Waals surface area contributed by atoms with E-state index in [1.54, 1.807) is 0 Å². The molecule has 6 nitrogen and oxygen atoms in total. The van der Waals surface area contributed by atoms with Crippen molar-refractivity contribution < 1.29 is 14.8 Å². The third kappa shape index (κ3) is 2.52. The Balaban J connectivity index is 1.85. The number of nitrogens with one attached hydrogen (secondary N) is 1. The van der Waals surface area contributed by atoms with E-state index < -0.39 is 10.9 Å². The number of carbonyl (C=O) groups is 1. The molecule has 0 bridgehead atoms. The fourth-order valence-corrected chi connectivity index (χ4v) is 4.68. The number of anilines is 1. The van der Waals surface area contributed by atoms with Crippen molar-refractivity contribution in [1.82, 2.24) is 0 Å². The molecule has 0 amide bonds. The predicted octanol–water partition coefficient (Wildman–Crippen LogP) is 4.10. The molecule has 0 spiro atoms.